The molecule has 6 aromatic rings. The first-order chi connectivity index (χ1) is 46.4. The lowest BCUT2D eigenvalue weighted by Crippen LogP contribution is -2.55. The lowest BCUT2D eigenvalue weighted by Gasteiger charge is -2.53. The summed E-state index contributed by atoms with van der Waals surface area (Å²) in [7, 11) is 0. The van der Waals surface area contributed by atoms with Crippen molar-refractivity contribution >= 4 is 39.3 Å². The van der Waals surface area contributed by atoms with Crippen LogP contribution in [0.3, 0.4) is 0 Å². The van der Waals surface area contributed by atoms with Crippen LogP contribution in [-0.4, -0.2) is 68.3 Å². The number of hydrogen-bond acceptors (Lipinski definition) is 13. The predicted octanol–water partition coefficient (Wildman–Crippen LogP) is 20.4. The first kappa shape index (κ1) is 74.7. The summed E-state index contributed by atoms with van der Waals surface area (Å²) in [5, 5.41) is 4.46. The van der Waals surface area contributed by atoms with Crippen molar-refractivity contribution in [1.29, 1.82) is 0 Å². The van der Waals surface area contributed by atoms with Gasteiger partial charge in [-0.25, -0.2) is 0 Å². The molecule has 1 aliphatic heterocycles. The van der Waals surface area contributed by atoms with Gasteiger partial charge < -0.3 is 47.4 Å². The van der Waals surface area contributed by atoms with Crippen LogP contribution in [-0.2, 0) is 50.1 Å². The molecule has 7 aliphatic rings. The molecule has 13 atom stereocenters. The van der Waals surface area contributed by atoms with Gasteiger partial charge in [0.15, 0.2) is 25.2 Å². The van der Waals surface area contributed by atoms with E-state index in [0.29, 0.717) is 53.7 Å². The number of benzene rings is 6. The minimum absolute atomic E-state index is 0.0379. The van der Waals surface area contributed by atoms with Gasteiger partial charge in [0.25, 0.3) is 0 Å². The molecule has 13 heteroatoms. The van der Waals surface area contributed by atoms with Crippen molar-refractivity contribution in [2.75, 3.05) is 13.2 Å². The summed E-state index contributed by atoms with van der Waals surface area (Å²) in [6, 6.07) is 40.2. The molecule has 0 spiro atoms. The van der Waals surface area contributed by atoms with E-state index in [1.807, 2.05) is 99.6 Å². The molecule has 6 saturated carbocycles. The number of fused-ring (bicyclic) bond motifs is 4. The average molecular weight is 1330 g/mol. The monoisotopic (exact) mass is 1330 g/mol. The highest BCUT2D eigenvalue weighted by Gasteiger charge is 2.54. The van der Waals surface area contributed by atoms with Gasteiger partial charge in [-0.1, -0.05) is 121 Å². The lowest BCUT2D eigenvalue weighted by molar-refractivity contribution is -0.193. The van der Waals surface area contributed by atoms with E-state index in [0.717, 1.165) is 115 Å². The molecule has 6 aromatic carbocycles. The van der Waals surface area contributed by atoms with E-state index in [9.17, 15) is 14.4 Å². The van der Waals surface area contributed by atoms with Crippen LogP contribution in [0.15, 0.2) is 121 Å². The fourth-order valence-electron chi connectivity index (χ4n) is 14.7. The van der Waals surface area contributed by atoms with Crippen LogP contribution in [0.5, 0.6) is 28.7 Å². The van der Waals surface area contributed by atoms with E-state index in [2.05, 4.69) is 101 Å². The van der Waals surface area contributed by atoms with Crippen molar-refractivity contribution in [2.24, 2.45) is 46.3 Å². The van der Waals surface area contributed by atoms with E-state index in [4.69, 9.17) is 47.4 Å². The number of Topliss-reactive ketones (excluding diaryl/α,β-unsaturated/α-hetero) is 1. The molecular weight excluding hydrogens is 1220 g/mol. The maximum absolute atomic E-state index is 12.7. The zero-order valence-electron chi connectivity index (χ0n) is 61.1. The SMILES string of the molecule is CCC(C)(C)C(=O)OCc1cccc2c(OC(C)OC3CC4CCC3C4)cccc12.CCC(C)(C)c1cccc(OC2CCCCO2)c1.CCC(C)c1ccc(OC(C)OC2C3CC4CC(C3)C(=O)C2C4)c2ccccc12.CCOC(C)Oc1ccc(OC(=O)C(C)(C)CC)cc1. The highest BCUT2D eigenvalue weighted by Crippen LogP contribution is 2.53. The highest BCUT2D eigenvalue weighted by atomic mass is 16.7. The van der Waals surface area contributed by atoms with Crippen LogP contribution in [0, 0.1) is 46.3 Å². The van der Waals surface area contributed by atoms with Crippen molar-refractivity contribution in [2.45, 2.75) is 255 Å². The van der Waals surface area contributed by atoms with E-state index in [-0.39, 0.29) is 61.1 Å². The van der Waals surface area contributed by atoms with Crippen molar-refractivity contribution in [3.05, 3.63) is 138 Å². The summed E-state index contributed by atoms with van der Waals surface area (Å²) in [4.78, 5) is 37.0. The third-order valence-electron chi connectivity index (χ3n) is 21.9. The summed E-state index contributed by atoms with van der Waals surface area (Å²) in [6.07, 6.45) is 16.0. The Labute approximate surface area is 580 Å². The fraction of sp³-hybridized carbons (Fsp3) is 0.583. The van der Waals surface area contributed by atoms with Crippen molar-refractivity contribution in [3.8, 4) is 28.7 Å². The van der Waals surface area contributed by atoms with Crippen molar-refractivity contribution < 1.29 is 61.8 Å². The topological polar surface area (TPSA) is 144 Å². The van der Waals surface area contributed by atoms with Gasteiger partial charge >= 0.3 is 11.9 Å². The van der Waals surface area contributed by atoms with Crippen molar-refractivity contribution in [1.82, 2.24) is 0 Å². The van der Waals surface area contributed by atoms with E-state index in [1.165, 1.54) is 55.0 Å². The van der Waals surface area contributed by atoms with Crippen LogP contribution < -0.4 is 23.7 Å². The second-order valence-electron chi connectivity index (χ2n) is 30.1. The molecule has 1 saturated heterocycles. The molecule has 0 aromatic heterocycles. The molecule has 6 aliphatic carbocycles. The maximum atomic E-state index is 12.7. The molecule has 97 heavy (non-hydrogen) atoms. The van der Waals surface area contributed by atoms with Crippen LogP contribution >= 0.6 is 0 Å². The number of ether oxygens (including phenoxy) is 10. The molecule has 13 unspecified atom stereocenters. The smallest absolute Gasteiger partial charge is 0.316 e. The Hall–Kier alpha value is -6.51. The molecule has 13 nitrogen and oxygen atoms in total. The minimum Gasteiger partial charge on any atom is -0.465 e. The Balaban J connectivity index is 0.000000155. The molecule has 0 radical (unpaired) electrons. The average Bonchev–Trinajstić information content (AvgIpc) is 1.63. The van der Waals surface area contributed by atoms with Crippen molar-refractivity contribution in [3.63, 3.8) is 0 Å². The summed E-state index contributed by atoms with van der Waals surface area (Å²) in [5.74, 6) is 7.65. The van der Waals surface area contributed by atoms with Crippen LogP contribution in [0.25, 0.3) is 21.5 Å². The minimum atomic E-state index is -0.474. The first-order valence-electron chi connectivity index (χ1n) is 36.8. The molecular formula is C84H114O13. The highest BCUT2D eigenvalue weighted by molar-refractivity contribution is 5.92. The predicted molar refractivity (Wildman–Crippen MR) is 385 cm³/mol. The zero-order chi connectivity index (χ0) is 69.6. The van der Waals surface area contributed by atoms with E-state index >= 15 is 0 Å². The lowest BCUT2D eigenvalue weighted by atomic mass is 9.54. The van der Waals surface area contributed by atoms with Crippen LogP contribution in [0.1, 0.15) is 223 Å². The van der Waals surface area contributed by atoms with Gasteiger partial charge in [0.1, 0.15) is 41.1 Å². The second-order valence-corrected chi connectivity index (χ2v) is 30.1. The molecule has 13 rings (SSSR count). The Bertz CT molecular complexity index is 3510. The molecule has 6 bridgehead atoms. The van der Waals surface area contributed by atoms with Gasteiger partial charge in [0, 0.05) is 35.6 Å². The van der Waals surface area contributed by atoms with Crippen LogP contribution in [0.2, 0.25) is 0 Å². The Kier molecular flexibility index (Phi) is 26.2. The maximum Gasteiger partial charge on any atom is 0.316 e. The zero-order valence-corrected chi connectivity index (χ0v) is 61.1. The normalized spacial score (nSPS) is 23.7. The fourth-order valence-corrected chi connectivity index (χ4v) is 14.7. The molecule has 7 fully saturated rings. The summed E-state index contributed by atoms with van der Waals surface area (Å²) in [6.45, 7) is 32.2. The Morgan fingerprint density at radius 3 is 1.88 bits per heavy atom. The number of carbonyl (C=O) groups excluding carboxylic acids is 3. The summed E-state index contributed by atoms with van der Waals surface area (Å²) >= 11 is 0. The molecule has 1 heterocycles. The second kappa shape index (κ2) is 34.0. The van der Waals surface area contributed by atoms with Gasteiger partial charge in [-0.05, 0) is 256 Å². The number of carbonyl (C=O) groups is 3. The van der Waals surface area contributed by atoms with E-state index < -0.39 is 10.8 Å². The summed E-state index contributed by atoms with van der Waals surface area (Å²) < 4.78 is 58.5. The van der Waals surface area contributed by atoms with Crippen LogP contribution in [0.4, 0.5) is 0 Å². The Morgan fingerprint density at radius 1 is 0.557 bits per heavy atom. The molecule has 528 valence electrons. The first-order valence-corrected chi connectivity index (χ1v) is 36.8. The third kappa shape index (κ3) is 19.5. The standard InChI is InChI=1S/C26H34O4.C26H32O3.C16H24O4.C16H24O2/c1-5-26(3,4)25(27)28-16-20-8-6-10-22-21(20)9-7-11-23(22)29-17(2)30-24-15-18-12-13-19(24)14-18;1-4-15(2)20-9-10-24(22-8-6-5-7-21(20)22)28-16(3)29-26-19-12-17-11-18(14-19)25(27)23(26)13-17;1-6-16(4,5)15(17)20-14-10-8-13(9-11-14)19-12(3)18-7-2;1-4-16(2,3)13-8-7-9-14(12-13)18-15-10-5-6-11-17-15/h6-11,17-19,24H,5,12-16H2,1-4H3;5-10,15-19,23,26H,4,11-14H2,1-3H3;8-12H,6-7H2,1-5H3;7-9,12,15H,4-6,10-11H2,1-3H3. The largest absolute Gasteiger partial charge is 0.465 e. The molecule has 0 amide bonds. The quantitative estimate of drug-likeness (QED) is 0.0305. The number of esters is 2. The summed E-state index contributed by atoms with van der Waals surface area (Å²) in [5.41, 5.74) is 2.95. The number of hydrogen-bond donors (Lipinski definition) is 0. The Morgan fingerprint density at radius 2 is 1.21 bits per heavy atom. The number of rotatable bonds is 25. The molecule has 0 N–H and O–H groups in total. The number of ketones is 1. The third-order valence-corrected chi connectivity index (χ3v) is 21.9. The van der Waals surface area contributed by atoms with Gasteiger partial charge in [-0.2, -0.15) is 0 Å². The van der Waals surface area contributed by atoms with Gasteiger partial charge in [0.2, 0.25) is 0 Å². The van der Waals surface area contributed by atoms with Gasteiger partial charge in [-0.3, -0.25) is 14.4 Å². The van der Waals surface area contributed by atoms with Gasteiger partial charge in [-0.15, -0.1) is 0 Å². The van der Waals surface area contributed by atoms with Gasteiger partial charge in [0.05, 0.1) is 29.6 Å². The van der Waals surface area contributed by atoms with E-state index in [1.54, 1.807) is 24.3 Å².